The zero-order chi connectivity index (χ0) is 15.8. The lowest BCUT2D eigenvalue weighted by atomic mass is 10.1. The Hall–Kier alpha value is -2.91. The van der Waals surface area contributed by atoms with Crippen molar-refractivity contribution in [2.75, 3.05) is 0 Å². The number of nitrogens with zero attached hydrogens (tertiary/aromatic N) is 3. The van der Waals surface area contributed by atoms with Crippen molar-refractivity contribution in [1.29, 1.82) is 5.26 Å². The maximum Gasteiger partial charge on any atom is 0.139 e. The number of nitriles is 1. The largest absolute Gasteiger partial charge is 0.339 e. The van der Waals surface area contributed by atoms with Gasteiger partial charge in [-0.15, -0.1) is 0 Å². The summed E-state index contributed by atoms with van der Waals surface area (Å²) in [5.74, 6) is 0. The number of aromatic nitrogens is 3. The normalized spacial score (nSPS) is 11.0. The van der Waals surface area contributed by atoms with Crippen LogP contribution in [-0.4, -0.2) is 15.0 Å². The van der Waals surface area contributed by atoms with Crippen LogP contribution in [0, 0.1) is 11.3 Å². The Morgan fingerprint density at radius 1 is 1.13 bits per heavy atom. The second-order valence-electron chi connectivity index (χ2n) is 5.04. The van der Waals surface area contributed by atoms with Crippen molar-refractivity contribution in [2.45, 2.75) is 4.90 Å². The van der Waals surface area contributed by atoms with E-state index in [1.54, 1.807) is 30.6 Å². The molecule has 110 valence electrons. The molecule has 4 rings (SSSR count). The molecule has 4 nitrogen and oxygen atoms in total. The standard InChI is InChI=1S/C17H9FN4S/c18-23-16-7-10(1-2-11(16)8-19)14-4-3-12-13-9-20-6-5-15(13)22-17(12)21-14/h1-7,9H,(H,21,22). The molecule has 4 aromatic rings. The molecule has 0 saturated heterocycles. The molecular weight excluding hydrogens is 311 g/mol. The van der Waals surface area contributed by atoms with Gasteiger partial charge in [-0.05, 0) is 30.3 Å². The van der Waals surface area contributed by atoms with Crippen LogP contribution in [0.5, 0.6) is 0 Å². The molecule has 0 aliphatic heterocycles. The average Bonchev–Trinajstić information content (AvgIpc) is 2.98. The van der Waals surface area contributed by atoms with E-state index in [-0.39, 0.29) is 12.1 Å². The average molecular weight is 320 g/mol. The van der Waals surface area contributed by atoms with E-state index in [1.165, 1.54) is 0 Å². The monoisotopic (exact) mass is 320 g/mol. The van der Waals surface area contributed by atoms with Crippen molar-refractivity contribution < 1.29 is 3.89 Å². The fourth-order valence-corrected chi connectivity index (χ4v) is 2.98. The minimum Gasteiger partial charge on any atom is -0.339 e. The number of pyridine rings is 2. The van der Waals surface area contributed by atoms with Crippen LogP contribution in [0.1, 0.15) is 5.56 Å². The van der Waals surface area contributed by atoms with Crippen LogP contribution in [0.3, 0.4) is 0 Å². The molecule has 0 fully saturated rings. The lowest BCUT2D eigenvalue weighted by Crippen LogP contribution is -1.87. The van der Waals surface area contributed by atoms with Gasteiger partial charge >= 0.3 is 0 Å². The van der Waals surface area contributed by atoms with Crippen LogP contribution in [0.2, 0.25) is 0 Å². The molecule has 3 heterocycles. The minimum absolute atomic E-state index is 0.0699. The van der Waals surface area contributed by atoms with Crippen molar-refractivity contribution in [2.24, 2.45) is 0 Å². The predicted molar refractivity (Wildman–Crippen MR) is 88.5 cm³/mol. The molecule has 0 spiro atoms. The Kier molecular flexibility index (Phi) is 3.21. The van der Waals surface area contributed by atoms with Crippen molar-refractivity contribution >= 4 is 34.1 Å². The second kappa shape index (κ2) is 5.38. The van der Waals surface area contributed by atoms with Crippen molar-refractivity contribution in [3.8, 4) is 17.3 Å². The van der Waals surface area contributed by atoms with Crippen LogP contribution >= 0.6 is 12.1 Å². The summed E-state index contributed by atoms with van der Waals surface area (Å²) in [6.07, 6.45) is 3.53. The zero-order valence-corrected chi connectivity index (χ0v) is 12.6. The van der Waals surface area contributed by atoms with Crippen LogP contribution in [0.15, 0.2) is 53.7 Å². The predicted octanol–water partition coefficient (Wildman–Crippen LogP) is 4.63. The minimum atomic E-state index is 0.0699. The molecule has 0 aliphatic carbocycles. The number of hydrogen-bond acceptors (Lipinski definition) is 4. The van der Waals surface area contributed by atoms with E-state index < -0.39 is 0 Å². The molecule has 0 radical (unpaired) electrons. The first kappa shape index (κ1) is 13.7. The number of benzene rings is 1. The fourth-order valence-electron chi connectivity index (χ4n) is 2.62. The number of fused-ring (bicyclic) bond motifs is 3. The topological polar surface area (TPSA) is 65.4 Å². The van der Waals surface area contributed by atoms with Gasteiger partial charge in [-0.3, -0.25) is 4.98 Å². The summed E-state index contributed by atoms with van der Waals surface area (Å²) in [4.78, 5) is 12.3. The summed E-state index contributed by atoms with van der Waals surface area (Å²) in [7, 11) is 0. The molecule has 0 saturated carbocycles. The molecule has 1 aromatic carbocycles. The highest BCUT2D eigenvalue weighted by atomic mass is 32.2. The number of rotatable bonds is 2. The van der Waals surface area contributed by atoms with Crippen molar-refractivity contribution in [3.05, 3.63) is 54.4 Å². The van der Waals surface area contributed by atoms with E-state index in [0.29, 0.717) is 10.5 Å². The lowest BCUT2D eigenvalue weighted by Gasteiger charge is -2.04. The number of halogens is 1. The van der Waals surface area contributed by atoms with E-state index in [9.17, 15) is 3.89 Å². The first-order valence-electron chi connectivity index (χ1n) is 6.86. The first-order valence-corrected chi connectivity index (χ1v) is 7.57. The second-order valence-corrected chi connectivity index (χ2v) is 5.63. The number of hydrogen-bond donors (Lipinski definition) is 1. The van der Waals surface area contributed by atoms with Gasteiger partial charge in [0.1, 0.15) is 11.7 Å². The summed E-state index contributed by atoms with van der Waals surface area (Å²) < 4.78 is 13.0. The van der Waals surface area contributed by atoms with Crippen LogP contribution < -0.4 is 0 Å². The van der Waals surface area contributed by atoms with E-state index in [0.717, 1.165) is 33.2 Å². The molecule has 6 heteroatoms. The third kappa shape index (κ3) is 2.22. The van der Waals surface area contributed by atoms with Crippen molar-refractivity contribution in [1.82, 2.24) is 15.0 Å². The molecule has 0 aliphatic rings. The molecule has 23 heavy (non-hydrogen) atoms. The van der Waals surface area contributed by atoms with Gasteiger partial charge in [-0.25, -0.2) is 4.98 Å². The third-order valence-corrected chi connectivity index (χ3v) is 4.24. The van der Waals surface area contributed by atoms with Gasteiger partial charge in [-0.1, -0.05) is 6.07 Å². The highest BCUT2D eigenvalue weighted by Crippen LogP contribution is 2.30. The lowest BCUT2D eigenvalue weighted by molar-refractivity contribution is 0.933. The highest BCUT2D eigenvalue weighted by molar-refractivity contribution is 7.94. The quantitative estimate of drug-likeness (QED) is 0.585. The van der Waals surface area contributed by atoms with Gasteiger partial charge in [0.15, 0.2) is 0 Å². The zero-order valence-electron chi connectivity index (χ0n) is 11.7. The molecule has 0 bridgehead atoms. The highest BCUT2D eigenvalue weighted by Gasteiger charge is 2.10. The number of H-pyrrole nitrogens is 1. The molecule has 0 atom stereocenters. The Morgan fingerprint density at radius 2 is 2.04 bits per heavy atom. The molecule has 0 amide bonds. The Labute approximate surface area is 135 Å². The third-order valence-electron chi connectivity index (χ3n) is 3.74. The Bertz CT molecular complexity index is 1080. The first-order chi connectivity index (χ1) is 11.3. The maximum atomic E-state index is 13.0. The van der Waals surface area contributed by atoms with E-state index in [2.05, 4.69) is 15.0 Å². The van der Waals surface area contributed by atoms with Gasteiger partial charge < -0.3 is 4.98 Å². The molecule has 0 unspecified atom stereocenters. The van der Waals surface area contributed by atoms with Gasteiger partial charge in [0, 0.05) is 28.7 Å². The smallest absolute Gasteiger partial charge is 0.139 e. The molecule has 1 N–H and O–H groups in total. The summed E-state index contributed by atoms with van der Waals surface area (Å²) >= 11 is 0.0699. The summed E-state index contributed by atoms with van der Waals surface area (Å²) in [6, 6.07) is 12.8. The fraction of sp³-hybridized carbons (Fsp3) is 0. The van der Waals surface area contributed by atoms with Gasteiger partial charge in [0.25, 0.3) is 0 Å². The van der Waals surface area contributed by atoms with Crippen molar-refractivity contribution in [3.63, 3.8) is 0 Å². The van der Waals surface area contributed by atoms with Gasteiger partial charge in [0.2, 0.25) is 0 Å². The molecular formula is C17H9FN4S. The van der Waals surface area contributed by atoms with Gasteiger partial charge in [-0.2, -0.15) is 9.15 Å². The maximum absolute atomic E-state index is 13.0. The van der Waals surface area contributed by atoms with E-state index >= 15 is 0 Å². The number of nitrogens with one attached hydrogen (secondary N) is 1. The Morgan fingerprint density at radius 3 is 2.87 bits per heavy atom. The molecule has 3 aromatic heterocycles. The van der Waals surface area contributed by atoms with Crippen LogP contribution in [-0.2, 0) is 0 Å². The van der Waals surface area contributed by atoms with Crippen LogP contribution in [0.4, 0.5) is 3.89 Å². The van der Waals surface area contributed by atoms with Crippen LogP contribution in [0.25, 0.3) is 33.2 Å². The summed E-state index contributed by atoms with van der Waals surface area (Å²) in [6.45, 7) is 0. The SMILES string of the molecule is N#Cc1ccc(-c2ccc3c(n2)[nH]c2ccncc23)cc1SF. The number of aromatic amines is 1. The summed E-state index contributed by atoms with van der Waals surface area (Å²) in [5, 5.41) is 11.0. The van der Waals surface area contributed by atoms with Gasteiger partial charge in [0.05, 0.1) is 33.8 Å². The Balaban J connectivity index is 1.89. The summed E-state index contributed by atoms with van der Waals surface area (Å²) in [5.41, 5.74) is 3.53. The van der Waals surface area contributed by atoms with E-state index in [4.69, 9.17) is 5.26 Å². The van der Waals surface area contributed by atoms with E-state index in [1.807, 2.05) is 24.3 Å².